The number of hydrogen-bond donors (Lipinski definition) is 0. The predicted molar refractivity (Wildman–Crippen MR) is 157 cm³/mol. The second-order valence-corrected chi connectivity index (χ2v) is 13.4. The second kappa shape index (κ2) is 11.8. The molecule has 0 saturated heterocycles. The molecule has 0 fully saturated rings. The van der Waals surface area contributed by atoms with Gasteiger partial charge in [0.15, 0.2) is 9.84 Å². The van der Waals surface area contributed by atoms with Crippen molar-refractivity contribution in [3.05, 3.63) is 93.8 Å². The number of sulfone groups is 1. The lowest BCUT2D eigenvalue weighted by Gasteiger charge is -2.35. The number of benzene rings is 3. The SMILES string of the molecule is CCOC(=O)C(C)(C)C[C@@H]1C[C@H](S(=O)(=O)c2cccc(C)c2)c2cc(/C=C(\C)c3c(F)cccc3Cl)ccc2O1. The number of ether oxygens (including phenoxy) is 2. The summed E-state index contributed by atoms with van der Waals surface area (Å²) in [6.07, 6.45) is 1.70. The van der Waals surface area contributed by atoms with E-state index in [0.29, 0.717) is 33.0 Å². The van der Waals surface area contributed by atoms with Gasteiger partial charge in [0.2, 0.25) is 0 Å². The molecule has 212 valence electrons. The van der Waals surface area contributed by atoms with Crippen LogP contribution in [0, 0.1) is 18.2 Å². The fourth-order valence-electron chi connectivity index (χ4n) is 5.16. The Balaban J connectivity index is 1.78. The van der Waals surface area contributed by atoms with Crippen molar-refractivity contribution in [3.63, 3.8) is 0 Å². The van der Waals surface area contributed by atoms with Crippen molar-refractivity contribution >= 4 is 39.1 Å². The lowest BCUT2D eigenvalue weighted by atomic mass is 9.84. The summed E-state index contributed by atoms with van der Waals surface area (Å²) in [6.45, 7) is 9.17. The van der Waals surface area contributed by atoms with Crippen LogP contribution in [0.2, 0.25) is 5.02 Å². The van der Waals surface area contributed by atoms with E-state index < -0.39 is 32.4 Å². The normalized spacial score (nSPS) is 17.6. The Hall–Kier alpha value is -3.16. The van der Waals surface area contributed by atoms with Gasteiger partial charge in [0.05, 0.1) is 27.2 Å². The summed E-state index contributed by atoms with van der Waals surface area (Å²) >= 11 is 6.27. The van der Waals surface area contributed by atoms with Crippen LogP contribution in [0.1, 0.15) is 68.0 Å². The number of esters is 1. The molecule has 3 aromatic carbocycles. The highest BCUT2D eigenvalue weighted by atomic mass is 35.5. The van der Waals surface area contributed by atoms with Gasteiger partial charge in [-0.3, -0.25) is 4.79 Å². The van der Waals surface area contributed by atoms with E-state index in [2.05, 4.69) is 0 Å². The van der Waals surface area contributed by atoms with Gasteiger partial charge in [0, 0.05) is 17.5 Å². The van der Waals surface area contributed by atoms with Gasteiger partial charge < -0.3 is 9.47 Å². The summed E-state index contributed by atoms with van der Waals surface area (Å²) < 4.78 is 54.2. The van der Waals surface area contributed by atoms with Crippen molar-refractivity contribution in [2.75, 3.05) is 6.61 Å². The number of rotatable bonds is 8. The molecule has 0 aliphatic carbocycles. The third-order valence-corrected chi connectivity index (χ3v) is 9.57. The molecule has 5 nitrogen and oxygen atoms in total. The average molecular weight is 585 g/mol. The zero-order valence-corrected chi connectivity index (χ0v) is 24.9. The van der Waals surface area contributed by atoms with Gasteiger partial charge >= 0.3 is 5.97 Å². The summed E-state index contributed by atoms with van der Waals surface area (Å²) in [7, 11) is -3.83. The molecular formula is C32H34ClFO5S. The predicted octanol–water partition coefficient (Wildman–Crippen LogP) is 7.99. The minimum Gasteiger partial charge on any atom is -0.490 e. The number of aryl methyl sites for hydroxylation is 1. The van der Waals surface area contributed by atoms with Crippen molar-refractivity contribution in [1.29, 1.82) is 0 Å². The molecule has 0 spiro atoms. The van der Waals surface area contributed by atoms with Crippen molar-refractivity contribution < 1.29 is 27.1 Å². The summed E-state index contributed by atoms with van der Waals surface area (Å²) in [5.74, 6) is -0.351. The van der Waals surface area contributed by atoms with Crippen LogP contribution in [0.15, 0.2) is 65.6 Å². The Morgan fingerprint density at radius 1 is 1.15 bits per heavy atom. The molecule has 0 amide bonds. The molecule has 0 radical (unpaired) electrons. The fourth-order valence-corrected chi connectivity index (χ4v) is 7.41. The number of fused-ring (bicyclic) bond motifs is 1. The molecule has 3 aromatic rings. The Labute approximate surface area is 240 Å². The third-order valence-electron chi connectivity index (χ3n) is 7.15. The van der Waals surface area contributed by atoms with Crippen LogP contribution in [0.25, 0.3) is 11.6 Å². The summed E-state index contributed by atoms with van der Waals surface area (Å²) in [5.41, 5.74) is 2.08. The minimum absolute atomic E-state index is 0.164. The molecule has 0 aromatic heterocycles. The van der Waals surface area contributed by atoms with Gasteiger partial charge in [-0.15, -0.1) is 0 Å². The largest absolute Gasteiger partial charge is 0.490 e. The monoisotopic (exact) mass is 584 g/mol. The standard InChI is InChI=1S/C32H34ClFO5S/c1-6-38-31(35)32(4,5)19-23-18-29(40(36,37)24-10-7-9-20(2)15-24)25-17-22(13-14-28(25)39-23)16-21(3)30-26(33)11-8-12-27(30)34/h7-17,23,29H,6,18-19H2,1-5H3/b21-16+/t23-,29-/m0/s1. The molecule has 0 bridgehead atoms. The van der Waals surface area contributed by atoms with E-state index in [1.165, 1.54) is 6.07 Å². The van der Waals surface area contributed by atoms with Crippen LogP contribution >= 0.6 is 11.6 Å². The highest BCUT2D eigenvalue weighted by Gasteiger charge is 2.42. The molecule has 1 heterocycles. The third kappa shape index (κ3) is 6.26. The van der Waals surface area contributed by atoms with E-state index in [9.17, 15) is 17.6 Å². The van der Waals surface area contributed by atoms with Crippen LogP contribution in [0.5, 0.6) is 5.75 Å². The first-order valence-corrected chi connectivity index (χ1v) is 15.2. The van der Waals surface area contributed by atoms with Crippen LogP contribution < -0.4 is 4.74 Å². The van der Waals surface area contributed by atoms with Gasteiger partial charge in [0.25, 0.3) is 0 Å². The Morgan fingerprint density at radius 3 is 2.55 bits per heavy atom. The molecule has 0 saturated carbocycles. The van der Waals surface area contributed by atoms with Crippen molar-refractivity contribution in [1.82, 2.24) is 0 Å². The maximum absolute atomic E-state index is 14.5. The molecule has 1 aliphatic heterocycles. The van der Waals surface area contributed by atoms with Crippen molar-refractivity contribution in [2.24, 2.45) is 5.41 Å². The van der Waals surface area contributed by atoms with E-state index in [1.807, 2.05) is 13.0 Å². The van der Waals surface area contributed by atoms with Crippen LogP contribution in [-0.2, 0) is 19.4 Å². The summed E-state index contributed by atoms with van der Waals surface area (Å²) in [6, 6.07) is 16.7. The van der Waals surface area contributed by atoms with Crippen LogP contribution in [0.3, 0.4) is 0 Å². The Bertz CT molecular complexity index is 1540. The zero-order valence-electron chi connectivity index (χ0n) is 23.3. The van der Waals surface area contributed by atoms with Gasteiger partial charge in [-0.25, -0.2) is 12.8 Å². The maximum atomic E-state index is 14.5. The van der Waals surface area contributed by atoms with E-state index in [4.69, 9.17) is 21.1 Å². The van der Waals surface area contributed by atoms with E-state index in [0.717, 1.165) is 5.56 Å². The van der Waals surface area contributed by atoms with Crippen molar-refractivity contribution in [2.45, 2.75) is 63.7 Å². The Kier molecular flexibility index (Phi) is 8.76. The molecule has 8 heteroatoms. The zero-order chi connectivity index (χ0) is 29.2. The molecule has 4 rings (SSSR count). The molecule has 2 atom stereocenters. The Morgan fingerprint density at radius 2 is 1.88 bits per heavy atom. The molecular weight excluding hydrogens is 551 g/mol. The quantitative estimate of drug-likeness (QED) is 0.198. The van der Waals surface area contributed by atoms with Crippen molar-refractivity contribution in [3.8, 4) is 5.75 Å². The maximum Gasteiger partial charge on any atom is 0.311 e. The number of carbonyl (C=O) groups is 1. The highest BCUT2D eigenvalue weighted by Crippen LogP contribution is 2.45. The lowest BCUT2D eigenvalue weighted by Crippen LogP contribution is -2.37. The lowest BCUT2D eigenvalue weighted by molar-refractivity contribution is -0.155. The van der Waals surface area contributed by atoms with Gasteiger partial charge in [-0.05, 0) is 94.1 Å². The molecule has 40 heavy (non-hydrogen) atoms. The van der Waals surface area contributed by atoms with Gasteiger partial charge in [0.1, 0.15) is 17.7 Å². The summed E-state index contributed by atoms with van der Waals surface area (Å²) in [4.78, 5) is 12.8. The van der Waals surface area contributed by atoms with Gasteiger partial charge in [-0.2, -0.15) is 0 Å². The molecule has 0 unspecified atom stereocenters. The topological polar surface area (TPSA) is 69.7 Å². The van der Waals surface area contributed by atoms with E-state index in [1.54, 1.807) is 82.3 Å². The highest BCUT2D eigenvalue weighted by molar-refractivity contribution is 7.91. The minimum atomic E-state index is -3.83. The van der Waals surface area contributed by atoms with Crippen LogP contribution in [0.4, 0.5) is 4.39 Å². The van der Waals surface area contributed by atoms with E-state index in [-0.39, 0.29) is 30.3 Å². The fraction of sp³-hybridized carbons (Fsp3) is 0.344. The first kappa shape index (κ1) is 29.8. The average Bonchev–Trinajstić information content (AvgIpc) is 2.88. The smallest absolute Gasteiger partial charge is 0.311 e. The number of halogens is 2. The first-order valence-electron chi connectivity index (χ1n) is 13.2. The number of hydrogen-bond acceptors (Lipinski definition) is 5. The van der Waals surface area contributed by atoms with Crippen LogP contribution in [-0.4, -0.2) is 27.1 Å². The van der Waals surface area contributed by atoms with E-state index >= 15 is 0 Å². The number of allylic oxidation sites excluding steroid dienone is 1. The first-order chi connectivity index (χ1) is 18.8. The summed E-state index contributed by atoms with van der Waals surface area (Å²) in [5, 5.41) is -0.617. The number of carbonyl (C=O) groups excluding carboxylic acids is 1. The second-order valence-electron chi connectivity index (χ2n) is 10.9. The van der Waals surface area contributed by atoms with Gasteiger partial charge in [-0.1, -0.05) is 41.9 Å². The molecule has 0 N–H and O–H groups in total. The molecule has 1 aliphatic rings.